The van der Waals surface area contributed by atoms with E-state index in [2.05, 4.69) is 43.1 Å². The van der Waals surface area contributed by atoms with Crippen LogP contribution in [-0.2, 0) is 0 Å². The zero-order chi connectivity index (χ0) is 20.0. The van der Waals surface area contributed by atoms with Gasteiger partial charge in [-0.05, 0) is 51.7 Å². The summed E-state index contributed by atoms with van der Waals surface area (Å²) < 4.78 is 5.93. The number of rotatable bonds is 3. The lowest BCUT2D eigenvalue weighted by Crippen LogP contribution is -1.85. The smallest absolute Gasteiger partial charge is 0.198 e. The van der Waals surface area contributed by atoms with Gasteiger partial charge in [0.25, 0.3) is 0 Å². The second-order valence-corrected chi connectivity index (χ2v) is 7.65. The summed E-state index contributed by atoms with van der Waals surface area (Å²) >= 11 is 0. The van der Waals surface area contributed by atoms with E-state index in [4.69, 9.17) is 4.42 Å². The van der Waals surface area contributed by atoms with Crippen molar-refractivity contribution in [1.29, 1.82) is 0 Å². The Bertz CT molecular complexity index is 1350. The van der Waals surface area contributed by atoms with E-state index in [0.717, 1.165) is 50.0 Å². The molecule has 0 unspecified atom stereocenters. The van der Waals surface area contributed by atoms with Crippen molar-refractivity contribution in [2.45, 2.75) is 19.8 Å². The van der Waals surface area contributed by atoms with E-state index >= 15 is 0 Å². The molecule has 4 aromatic carbocycles. The fraction of sp³-hybridized carbons (Fsp3) is 0.115. The predicted octanol–water partition coefficient (Wildman–Crippen LogP) is 7.14. The molecule has 0 bridgehead atoms. The van der Waals surface area contributed by atoms with Crippen molar-refractivity contribution in [1.82, 2.24) is 4.98 Å². The second-order valence-electron chi connectivity index (χ2n) is 7.65. The lowest BCUT2D eigenvalue weighted by atomic mass is 9.94. The lowest BCUT2D eigenvalue weighted by Gasteiger charge is -2.11. The zero-order valence-electron chi connectivity index (χ0n) is 16.4. The number of oxazole rings is 1. The number of aromatic nitrogens is 1. The van der Waals surface area contributed by atoms with Gasteiger partial charge >= 0.3 is 0 Å². The molecule has 3 heteroatoms. The van der Waals surface area contributed by atoms with Crippen molar-refractivity contribution in [3.63, 3.8) is 0 Å². The highest BCUT2D eigenvalue weighted by molar-refractivity contribution is 6.00. The zero-order valence-corrected chi connectivity index (χ0v) is 16.4. The molecule has 0 radical (unpaired) electrons. The van der Waals surface area contributed by atoms with E-state index in [-0.39, 0.29) is 11.7 Å². The Kier molecular flexibility index (Phi) is 4.09. The number of fused-ring (bicyclic) bond motifs is 2. The molecule has 1 heterocycles. The number of phenols is 1. The normalized spacial score (nSPS) is 11.6. The van der Waals surface area contributed by atoms with Gasteiger partial charge in [0.05, 0.1) is 0 Å². The summed E-state index contributed by atoms with van der Waals surface area (Å²) in [7, 11) is 0. The molecule has 0 spiro atoms. The Morgan fingerprint density at radius 2 is 1.59 bits per heavy atom. The molecule has 0 aliphatic carbocycles. The highest BCUT2D eigenvalue weighted by Crippen LogP contribution is 2.38. The van der Waals surface area contributed by atoms with Crippen molar-refractivity contribution in [2.24, 2.45) is 0 Å². The summed E-state index contributed by atoms with van der Waals surface area (Å²) in [4.78, 5) is 4.56. The second kappa shape index (κ2) is 6.78. The third-order valence-corrected chi connectivity index (χ3v) is 5.29. The minimum atomic E-state index is 0.253. The fourth-order valence-electron chi connectivity index (χ4n) is 3.79. The van der Waals surface area contributed by atoms with Gasteiger partial charge < -0.3 is 9.52 Å². The van der Waals surface area contributed by atoms with Crippen LogP contribution in [0.4, 0.5) is 0 Å². The van der Waals surface area contributed by atoms with Gasteiger partial charge in [0.1, 0.15) is 11.3 Å². The van der Waals surface area contributed by atoms with Gasteiger partial charge in [-0.2, -0.15) is 0 Å². The highest BCUT2D eigenvalue weighted by atomic mass is 16.3. The third kappa shape index (κ3) is 3.05. The highest BCUT2D eigenvalue weighted by Gasteiger charge is 2.13. The van der Waals surface area contributed by atoms with Gasteiger partial charge in [0.2, 0.25) is 0 Å². The van der Waals surface area contributed by atoms with Gasteiger partial charge in [0, 0.05) is 11.5 Å². The predicted molar refractivity (Wildman–Crippen MR) is 118 cm³/mol. The van der Waals surface area contributed by atoms with Crippen LogP contribution >= 0.6 is 0 Å². The van der Waals surface area contributed by atoms with Crippen LogP contribution in [0.2, 0.25) is 0 Å². The summed E-state index contributed by atoms with van der Waals surface area (Å²) in [5.41, 5.74) is 5.64. The molecule has 0 saturated carbocycles. The first-order chi connectivity index (χ1) is 14.1. The van der Waals surface area contributed by atoms with Crippen LogP contribution in [0.1, 0.15) is 25.7 Å². The van der Waals surface area contributed by atoms with E-state index < -0.39 is 0 Å². The number of nitrogens with zero attached hydrogens (tertiary/aromatic N) is 1. The summed E-state index contributed by atoms with van der Waals surface area (Å²) in [5, 5.41) is 12.7. The molecule has 3 nitrogen and oxygen atoms in total. The van der Waals surface area contributed by atoms with Crippen molar-refractivity contribution < 1.29 is 9.52 Å². The first kappa shape index (κ1) is 17.5. The van der Waals surface area contributed by atoms with Gasteiger partial charge in [-0.3, -0.25) is 0 Å². The maximum absolute atomic E-state index is 10.6. The van der Waals surface area contributed by atoms with Crippen molar-refractivity contribution >= 4 is 21.9 Å². The molecule has 0 amide bonds. The Balaban J connectivity index is 1.64. The molecule has 142 valence electrons. The van der Waals surface area contributed by atoms with E-state index in [1.54, 1.807) is 6.07 Å². The first-order valence-corrected chi connectivity index (χ1v) is 9.82. The van der Waals surface area contributed by atoms with Crippen LogP contribution in [0.3, 0.4) is 0 Å². The van der Waals surface area contributed by atoms with E-state index in [1.165, 1.54) is 0 Å². The minimum absolute atomic E-state index is 0.253. The quantitative estimate of drug-likeness (QED) is 0.362. The molecule has 1 N–H and O–H groups in total. The maximum atomic E-state index is 10.6. The molecule has 0 fully saturated rings. The van der Waals surface area contributed by atoms with Gasteiger partial charge in [-0.1, -0.05) is 68.4 Å². The van der Waals surface area contributed by atoms with Crippen molar-refractivity contribution in [2.75, 3.05) is 0 Å². The molecule has 0 aliphatic heterocycles. The van der Waals surface area contributed by atoms with Gasteiger partial charge in [0.15, 0.2) is 11.5 Å². The summed E-state index contributed by atoms with van der Waals surface area (Å²) in [6, 6.07) is 26.2. The van der Waals surface area contributed by atoms with Gasteiger partial charge in [-0.25, -0.2) is 4.98 Å². The van der Waals surface area contributed by atoms with E-state index in [0.29, 0.717) is 0 Å². The Hall–Kier alpha value is -3.59. The standard InChI is InChI=1S/C26H21NO2/c1-16(2)26-27-22-12-10-19(15-24(22)29-26)18-7-5-8-20(14-18)25-21-9-4-3-6-17(21)11-13-23(25)28/h3-16,28H,1-2H3. The van der Waals surface area contributed by atoms with Crippen LogP contribution in [0.15, 0.2) is 83.3 Å². The van der Waals surface area contributed by atoms with Crippen LogP contribution < -0.4 is 0 Å². The molecule has 5 aromatic rings. The summed E-state index contributed by atoms with van der Waals surface area (Å²) in [6.45, 7) is 4.15. The minimum Gasteiger partial charge on any atom is -0.507 e. The number of aromatic hydroxyl groups is 1. The van der Waals surface area contributed by atoms with Crippen LogP contribution in [0, 0.1) is 0 Å². The lowest BCUT2D eigenvalue weighted by molar-refractivity contribution is 0.478. The fourth-order valence-corrected chi connectivity index (χ4v) is 3.79. The summed E-state index contributed by atoms with van der Waals surface area (Å²) in [5.74, 6) is 1.29. The Labute approximate surface area is 169 Å². The van der Waals surface area contributed by atoms with Crippen LogP contribution in [0.25, 0.3) is 44.1 Å². The average Bonchev–Trinajstić information content (AvgIpc) is 3.17. The average molecular weight is 379 g/mol. The van der Waals surface area contributed by atoms with Crippen LogP contribution in [-0.4, -0.2) is 10.1 Å². The topological polar surface area (TPSA) is 46.3 Å². The maximum Gasteiger partial charge on any atom is 0.198 e. The molecule has 5 rings (SSSR count). The number of hydrogen-bond acceptors (Lipinski definition) is 3. The van der Waals surface area contributed by atoms with E-state index in [1.807, 2.05) is 48.5 Å². The largest absolute Gasteiger partial charge is 0.507 e. The van der Waals surface area contributed by atoms with Gasteiger partial charge in [-0.15, -0.1) is 0 Å². The van der Waals surface area contributed by atoms with E-state index in [9.17, 15) is 5.11 Å². The summed E-state index contributed by atoms with van der Waals surface area (Å²) in [6.07, 6.45) is 0. The number of hydrogen-bond donors (Lipinski definition) is 1. The number of phenolic OH excluding ortho intramolecular Hbond substituents is 1. The monoisotopic (exact) mass is 379 g/mol. The van der Waals surface area contributed by atoms with Crippen LogP contribution in [0.5, 0.6) is 5.75 Å². The molecular weight excluding hydrogens is 358 g/mol. The Morgan fingerprint density at radius 3 is 2.45 bits per heavy atom. The SMILES string of the molecule is CC(C)c1nc2ccc(-c3cccc(-c4c(O)ccc5ccccc45)c3)cc2o1. The van der Waals surface area contributed by atoms with Crippen molar-refractivity contribution in [3.8, 4) is 28.0 Å². The number of benzene rings is 4. The Morgan fingerprint density at radius 1 is 0.793 bits per heavy atom. The molecular formula is C26H21NO2. The van der Waals surface area contributed by atoms with Crippen molar-refractivity contribution in [3.05, 3.63) is 84.8 Å². The molecule has 0 saturated heterocycles. The first-order valence-electron chi connectivity index (χ1n) is 9.82. The third-order valence-electron chi connectivity index (χ3n) is 5.29. The molecule has 29 heavy (non-hydrogen) atoms. The molecule has 1 aromatic heterocycles. The molecule has 0 atom stereocenters. The molecule has 0 aliphatic rings.